The van der Waals surface area contributed by atoms with Crippen LogP contribution in [-0.4, -0.2) is 32.6 Å². The first-order valence-corrected chi connectivity index (χ1v) is 11.7. The van der Waals surface area contributed by atoms with Crippen molar-refractivity contribution in [3.8, 4) is 11.1 Å². The molecular formula is C25H29N3O3S. The lowest BCUT2D eigenvalue weighted by molar-refractivity contribution is 0.0660. The first kappa shape index (κ1) is 22.5. The molecule has 0 aliphatic heterocycles. The third-order valence-corrected chi connectivity index (χ3v) is 6.59. The van der Waals surface area contributed by atoms with E-state index in [9.17, 15) is 9.90 Å². The quantitative estimate of drug-likeness (QED) is 0.399. The van der Waals surface area contributed by atoms with Crippen LogP contribution in [0, 0.1) is 19.8 Å². The van der Waals surface area contributed by atoms with E-state index < -0.39 is 6.10 Å². The minimum Gasteiger partial charge on any atom is -0.468 e. The van der Waals surface area contributed by atoms with Crippen molar-refractivity contribution in [2.24, 2.45) is 5.92 Å². The maximum Gasteiger partial charge on any atom is 0.260 e. The summed E-state index contributed by atoms with van der Waals surface area (Å²) < 4.78 is 5.50. The molecule has 0 spiro atoms. The Labute approximate surface area is 191 Å². The summed E-state index contributed by atoms with van der Waals surface area (Å²) in [5.41, 5.74) is 4.18. The van der Waals surface area contributed by atoms with Crippen LogP contribution in [0.1, 0.15) is 36.6 Å². The summed E-state index contributed by atoms with van der Waals surface area (Å²) in [7, 11) is 0. The molecule has 0 bridgehead atoms. The summed E-state index contributed by atoms with van der Waals surface area (Å²) in [6.45, 7) is 9.49. The zero-order valence-corrected chi connectivity index (χ0v) is 19.7. The van der Waals surface area contributed by atoms with Gasteiger partial charge in [0.05, 0.1) is 30.8 Å². The van der Waals surface area contributed by atoms with Crippen molar-refractivity contribution in [3.63, 3.8) is 0 Å². The van der Waals surface area contributed by atoms with Crippen LogP contribution >= 0.6 is 11.3 Å². The molecule has 1 aromatic carbocycles. The minimum atomic E-state index is -0.488. The number of aliphatic hydroxyl groups is 1. The Hall–Kier alpha value is -2.74. The number of nitrogens with one attached hydrogen (secondary N) is 1. The van der Waals surface area contributed by atoms with Crippen LogP contribution < -0.4 is 5.56 Å². The lowest BCUT2D eigenvalue weighted by Crippen LogP contribution is -2.35. The van der Waals surface area contributed by atoms with E-state index in [1.165, 1.54) is 16.9 Å². The van der Waals surface area contributed by atoms with Crippen molar-refractivity contribution in [2.75, 3.05) is 6.54 Å². The molecule has 1 atom stereocenters. The van der Waals surface area contributed by atoms with E-state index in [2.05, 4.69) is 37.0 Å². The Balaban J connectivity index is 1.65. The van der Waals surface area contributed by atoms with Gasteiger partial charge in [-0.1, -0.05) is 37.6 Å². The number of aryl methyl sites for hydroxylation is 2. The highest BCUT2D eigenvalue weighted by Gasteiger charge is 2.19. The Morgan fingerprint density at radius 2 is 2.00 bits per heavy atom. The van der Waals surface area contributed by atoms with Crippen molar-refractivity contribution in [1.29, 1.82) is 0 Å². The molecule has 0 saturated carbocycles. The van der Waals surface area contributed by atoms with E-state index in [1.807, 2.05) is 36.3 Å². The van der Waals surface area contributed by atoms with Crippen molar-refractivity contribution in [2.45, 2.75) is 46.9 Å². The van der Waals surface area contributed by atoms with E-state index in [0.717, 1.165) is 27.3 Å². The molecule has 6 nitrogen and oxygen atoms in total. The van der Waals surface area contributed by atoms with Gasteiger partial charge < -0.3 is 14.5 Å². The van der Waals surface area contributed by atoms with E-state index in [1.54, 1.807) is 6.26 Å². The smallest absolute Gasteiger partial charge is 0.260 e. The number of aromatic nitrogens is 2. The van der Waals surface area contributed by atoms with Gasteiger partial charge in [-0.05, 0) is 43.0 Å². The summed E-state index contributed by atoms with van der Waals surface area (Å²) in [6.07, 6.45) is 1.15. The molecular weight excluding hydrogens is 422 g/mol. The van der Waals surface area contributed by atoms with Gasteiger partial charge in [-0.25, -0.2) is 4.98 Å². The molecule has 0 saturated heterocycles. The second-order valence-corrected chi connectivity index (χ2v) is 9.58. The molecule has 32 heavy (non-hydrogen) atoms. The lowest BCUT2D eigenvalue weighted by atomic mass is 9.99. The predicted octanol–water partition coefficient (Wildman–Crippen LogP) is 4.88. The van der Waals surface area contributed by atoms with Crippen molar-refractivity contribution in [3.05, 3.63) is 75.0 Å². The molecule has 0 aliphatic carbocycles. The molecule has 4 aromatic rings. The number of aliphatic hydroxyl groups excluding tert-OH is 1. The molecule has 7 heteroatoms. The summed E-state index contributed by atoms with van der Waals surface area (Å²) in [6, 6.07) is 10.0. The molecule has 3 aromatic heterocycles. The number of nitrogens with zero attached hydrogens (tertiary/aromatic N) is 2. The number of benzene rings is 1. The minimum absolute atomic E-state index is 0.126. The van der Waals surface area contributed by atoms with Crippen molar-refractivity contribution < 1.29 is 9.52 Å². The SMILES string of the molecule is Cc1ccc(-c2csc3nc(CN(Cc4ccco4)CC(O)C(C)C)[nH]c(=O)c23)c(C)c1. The van der Waals surface area contributed by atoms with Crippen LogP contribution in [0.25, 0.3) is 21.3 Å². The van der Waals surface area contributed by atoms with Gasteiger partial charge in [-0.15, -0.1) is 11.3 Å². The third-order valence-electron chi connectivity index (χ3n) is 5.71. The van der Waals surface area contributed by atoms with Crippen molar-refractivity contribution >= 4 is 21.6 Å². The average molecular weight is 452 g/mol. The predicted molar refractivity (Wildman–Crippen MR) is 129 cm³/mol. The fourth-order valence-electron chi connectivity index (χ4n) is 3.88. The van der Waals surface area contributed by atoms with Crippen molar-refractivity contribution in [1.82, 2.24) is 14.9 Å². The van der Waals surface area contributed by atoms with Gasteiger partial charge in [0.25, 0.3) is 5.56 Å². The molecule has 168 valence electrons. The van der Waals surface area contributed by atoms with Gasteiger partial charge in [-0.2, -0.15) is 0 Å². The molecule has 0 fully saturated rings. The van der Waals surface area contributed by atoms with Gasteiger partial charge in [0.1, 0.15) is 16.4 Å². The number of aromatic amines is 1. The van der Waals surface area contributed by atoms with E-state index in [0.29, 0.717) is 30.8 Å². The van der Waals surface area contributed by atoms with Gasteiger partial charge in [0.2, 0.25) is 0 Å². The summed E-state index contributed by atoms with van der Waals surface area (Å²) in [5, 5.41) is 13.1. The van der Waals surface area contributed by atoms with Gasteiger partial charge in [-0.3, -0.25) is 9.69 Å². The van der Waals surface area contributed by atoms with E-state index in [-0.39, 0.29) is 11.5 Å². The maximum atomic E-state index is 13.1. The number of rotatable bonds is 8. The monoisotopic (exact) mass is 451 g/mol. The Morgan fingerprint density at radius 1 is 1.19 bits per heavy atom. The molecule has 0 amide bonds. The Kier molecular flexibility index (Phi) is 6.60. The maximum absolute atomic E-state index is 13.1. The number of thiophene rings is 1. The zero-order chi connectivity index (χ0) is 22.8. The topological polar surface area (TPSA) is 82.4 Å². The van der Waals surface area contributed by atoms with Crippen LogP contribution in [0.5, 0.6) is 0 Å². The van der Waals surface area contributed by atoms with Crippen LogP contribution in [0.3, 0.4) is 0 Å². The normalized spacial score (nSPS) is 12.8. The number of H-pyrrole nitrogens is 1. The Bertz CT molecular complexity index is 1260. The molecule has 0 radical (unpaired) electrons. The second kappa shape index (κ2) is 9.40. The molecule has 0 aliphatic rings. The highest BCUT2D eigenvalue weighted by molar-refractivity contribution is 7.17. The van der Waals surface area contributed by atoms with Crippen LogP contribution in [-0.2, 0) is 13.1 Å². The highest BCUT2D eigenvalue weighted by atomic mass is 32.1. The van der Waals surface area contributed by atoms with E-state index >= 15 is 0 Å². The number of hydrogen-bond acceptors (Lipinski definition) is 6. The highest BCUT2D eigenvalue weighted by Crippen LogP contribution is 2.33. The third kappa shape index (κ3) is 4.85. The zero-order valence-electron chi connectivity index (χ0n) is 18.9. The average Bonchev–Trinajstić information content (AvgIpc) is 3.38. The summed E-state index contributed by atoms with van der Waals surface area (Å²) in [4.78, 5) is 23.6. The fraction of sp³-hybridized carbons (Fsp3) is 0.360. The standard InChI is InChI=1S/C25H29N3O3S/c1-15(2)21(29)12-28(11-18-6-5-9-31-18)13-22-26-24(30)23-20(14-32-25(23)27-22)19-8-7-16(3)10-17(19)4/h5-10,14-15,21,29H,11-13H2,1-4H3,(H,26,27,30). The molecule has 3 heterocycles. The molecule has 4 rings (SSSR count). The number of furan rings is 1. The molecule has 2 N–H and O–H groups in total. The first-order valence-electron chi connectivity index (χ1n) is 10.8. The molecule has 1 unspecified atom stereocenters. The van der Waals surface area contributed by atoms with Gasteiger partial charge >= 0.3 is 0 Å². The van der Waals surface area contributed by atoms with Crippen LogP contribution in [0.15, 0.2) is 51.2 Å². The summed E-state index contributed by atoms with van der Waals surface area (Å²) >= 11 is 1.48. The Morgan fingerprint density at radius 3 is 2.69 bits per heavy atom. The first-order chi connectivity index (χ1) is 15.3. The second-order valence-electron chi connectivity index (χ2n) is 8.72. The van der Waals surface area contributed by atoms with Crippen LogP contribution in [0.2, 0.25) is 0 Å². The lowest BCUT2D eigenvalue weighted by Gasteiger charge is -2.25. The van der Waals surface area contributed by atoms with Crippen LogP contribution in [0.4, 0.5) is 0 Å². The fourth-order valence-corrected chi connectivity index (χ4v) is 4.84. The van der Waals surface area contributed by atoms with Gasteiger partial charge in [0, 0.05) is 17.5 Å². The number of hydrogen-bond donors (Lipinski definition) is 2. The largest absolute Gasteiger partial charge is 0.468 e. The van der Waals surface area contributed by atoms with E-state index in [4.69, 9.17) is 9.40 Å². The van der Waals surface area contributed by atoms with Gasteiger partial charge in [0.15, 0.2) is 0 Å². The summed E-state index contributed by atoms with van der Waals surface area (Å²) in [5.74, 6) is 1.51. The number of fused-ring (bicyclic) bond motifs is 1.